The van der Waals surface area contributed by atoms with Crippen LogP contribution in [0.1, 0.15) is 24.8 Å². The summed E-state index contributed by atoms with van der Waals surface area (Å²) in [5, 5.41) is 9.24. The average Bonchev–Trinajstić information content (AvgIpc) is 2.28. The minimum atomic E-state index is -1.45. The molecule has 0 saturated carbocycles. The first-order chi connectivity index (χ1) is 9.18. The third-order valence-electron chi connectivity index (χ3n) is 3.26. The van der Waals surface area contributed by atoms with E-state index in [4.69, 9.17) is 4.12 Å². The van der Waals surface area contributed by atoms with Crippen LogP contribution < -0.4 is 0 Å². The third-order valence-corrected chi connectivity index (χ3v) is 9.48. The van der Waals surface area contributed by atoms with Crippen LogP contribution >= 0.6 is 0 Å². The van der Waals surface area contributed by atoms with Crippen molar-refractivity contribution in [1.82, 2.24) is 0 Å². The molecule has 0 saturated heterocycles. The molecule has 20 heavy (non-hydrogen) atoms. The van der Waals surface area contributed by atoms with Gasteiger partial charge in [-0.05, 0) is 69.3 Å². The monoisotopic (exact) mass is 310 g/mol. The molecule has 4 heteroatoms. The Kier molecular flexibility index (Phi) is 6.49. The van der Waals surface area contributed by atoms with Crippen LogP contribution in [0, 0.1) is 0 Å². The van der Waals surface area contributed by atoms with E-state index >= 15 is 0 Å². The number of phenols is 1. The zero-order valence-electron chi connectivity index (χ0n) is 13.7. The van der Waals surface area contributed by atoms with Gasteiger partial charge in [0.2, 0.25) is 0 Å². The largest absolute Gasteiger partial charge is 0.508 e. The van der Waals surface area contributed by atoms with Gasteiger partial charge in [-0.2, -0.15) is 0 Å². The average molecular weight is 311 g/mol. The van der Waals surface area contributed by atoms with Crippen molar-refractivity contribution >= 4 is 16.6 Å². The summed E-state index contributed by atoms with van der Waals surface area (Å²) < 4.78 is 6.35. The van der Waals surface area contributed by atoms with E-state index in [1.54, 1.807) is 12.1 Å². The number of phenolic OH excluding ortho intramolecular Hbond substituents is 1. The number of hydrogen-bond donors (Lipinski definition) is 1. The van der Waals surface area contributed by atoms with E-state index in [1.807, 2.05) is 12.1 Å². The Morgan fingerprint density at radius 1 is 0.900 bits per heavy atom. The fraction of sp³-hybridized carbons (Fsp3) is 0.625. The molecule has 0 fully saturated rings. The van der Waals surface area contributed by atoms with Crippen molar-refractivity contribution in [3.63, 3.8) is 0 Å². The molecule has 0 bridgehead atoms. The molecule has 114 valence electrons. The highest BCUT2D eigenvalue weighted by Gasteiger charge is 2.28. The Morgan fingerprint density at radius 3 is 2.05 bits per heavy atom. The van der Waals surface area contributed by atoms with Gasteiger partial charge in [0, 0.05) is 0 Å². The smallest absolute Gasteiger partial charge is 0.173 e. The zero-order chi connectivity index (χ0) is 15.2. The van der Waals surface area contributed by atoms with Gasteiger partial charge in [-0.25, -0.2) is 0 Å². The second-order valence-corrected chi connectivity index (χ2v) is 16.3. The van der Waals surface area contributed by atoms with Crippen LogP contribution in [-0.4, -0.2) is 21.7 Å². The van der Waals surface area contributed by atoms with Crippen molar-refractivity contribution < 1.29 is 9.22 Å². The summed E-state index contributed by atoms with van der Waals surface area (Å²) in [5.41, 5.74) is 1.32. The van der Waals surface area contributed by atoms with Gasteiger partial charge in [0.25, 0.3) is 0 Å². The van der Waals surface area contributed by atoms with Gasteiger partial charge in [0.15, 0.2) is 16.6 Å². The van der Waals surface area contributed by atoms with Crippen molar-refractivity contribution in [2.24, 2.45) is 0 Å². The van der Waals surface area contributed by atoms with Gasteiger partial charge in [-0.15, -0.1) is 0 Å². The summed E-state index contributed by atoms with van der Waals surface area (Å²) in [6, 6.07) is 8.85. The molecule has 0 aromatic heterocycles. The second-order valence-electron chi connectivity index (χ2n) is 7.20. The highest BCUT2D eigenvalue weighted by atomic mass is 28.4. The topological polar surface area (TPSA) is 29.5 Å². The lowest BCUT2D eigenvalue weighted by Gasteiger charge is -2.31. The Bertz CT molecular complexity index is 394. The summed E-state index contributed by atoms with van der Waals surface area (Å²) in [6.07, 6.45) is 4.88. The summed E-state index contributed by atoms with van der Waals surface area (Å²) in [6.45, 7) is 11.6. The number of benzene rings is 1. The predicted octanol–water partition coefficient (Wildman–Crippen LogP) is 5.16. The minimum Gasteiger partial charge on any atom is -0.508 e. The lowest BCUT2D eigenvalue weighted by molar-refractivity contribution is 0.475. The van der Waals surface area contributed by atoms with Gasteiger partial charge in [-0.1, -0.05) is 25.0 Å². The van der Waals surface area contributed by atoms with Gasteiger partial charge >= 0.3 is 0 Å². The maximum absolute atomic E-state index is 9.24. The van der Waals surface area contributed by atoms with Crippen LogP contribution in [0.4, 0.5) is 0 Å². The van der Waals surface area contributed by atoms with Crippen LogP contribution in [0.3, 0.4) is 0 Å². The summed E-state index contributed by atoms with van der Waals surface area (Å²) in [4.78, 5) is 0. The fourth-order valence-electron chi connectivity index (χ4n) is 2.60. The normalized spacial score (nSPS) is 12.7. The van der Waals surface area contributed by atoms with E-state index in [1.165, 1.54) is 30.9 Å². The standard InChI is InChI=1S/C16H30O2Si2/c1-19(2,3)18-20(4,5)14-8-6-7-9-15-10-12-16(17)13-11-15/h10-13,17H,6-9,14H2,1-5H3. The van der Waals surface area contributed by atoms with Crippen LogP contribution in [0.25, 0.3) is 0 Å². The van der Waals surface area contributed by atoms with E-state index in [9.17, 15) is 5.11 Å². The van der Waals surface area contributed by atoms with Crippen LogP contribution in [0.2, 0.25) is 38.8 Å². The molecular weight excluding hydrogens is 280 g/mol. The van der Waals surface area contributed by atoms with Crippen molar-refractivity contribution in [2.75, 3.05) is 0 Å². The molecule has 1 aromatic carbocycles. The van der Waals surface area contributed by atoms with E-state index in [2.05, 4.69) is 32.7 Å². The SMILES string of the molecule is C[Si](C)(C)O[Si](C)(C)CCCCCc1ccc(O)cc1. The van der Waals surface area contributed by atoms with E-state index < -0.39 is 16.6 Å². The zero-order valence-corrected chi connectivity index (χ0v) is 15.7. The minimum absolute atomic E-state index is 0.352. The summed E-state index contributed by atoms with van der Waals surface area (Å²) in [7, 11) is -2.83. The Morgan fingerprint density at radius 2 is 1.50 bits per heavy atom. The van der Waals surface area contributed by atoms with Gasteiger partial charge in [-0.3, -0.25) is 0 Å². The fourth-order valence-corrected chi connectivity index (χ4v) is 10.7. The maximum Gasteiger partial charge on any atom is 0.173 e. The van der Waals surface area contributed by atoms with E-state index in [0.29, 0.717) is 5.75 Å². The highest BCUT2D eigenvalue weighted by Crippen LogP contribution is 2.21. The first kappa shape index (κ1) is 17.5. The molecule has 0 radical (unpaired) electrons. The molecular formula is C16H30O2Si2. The van der Waals surface area contributed by atoms with Crippen LogP contribution in [-0.2, 0) is 10.5 Å². The van der Waals surface area contributed by atoms with Gasteiger partial charge in [0.1, 0.15) is 5.75 Å². The lowest BCUT2D eigenvalue weighted by Crippen LogP contribution is -2.42. The molecule has 2 nitrogen and oxygen atoms in total. The first-order valence-corrected chi connectivity index (χ1v) is 14.2. The number of unbranched alkanes of at least 4 members (excludes halogenated alkanes) is 2. The molecule has 0 heterocycles. The molecule has 0 amide bonds. The number of aromatic hydroxyl groups is 1. The van der Waals surface area contributed by atoms with Crippen molar-refractivity contribution in [3.05, 3.63) is 29.8 Å². The molecule has 0 aliphatic carbocycles. The molecule has 0 spiro atoms. The van der Waals surface area contributed by atoms with Crippen molar-refractivity contribution in [1.29, 1.82) is 0 Å². The van der Waals surface area contributed by atoms with Gasteiger partial charge in [0.05, 0.1) is 0 Å². The van der Waals surface area contributed by atoms with E-state index in [-0.39, 0.29) is 0 Å². The predicted molar refractivity (Wildman–Crippen MR) is 92.4 cm³/mol. The van der Waals surface area contributed by atoms with Crippen molar-refractivity contribution in [3.8, 4) is 5.75 Å². The first-order valence-electron chi connectivity index (χ1n) is 7.66. The second kappa shape index (κ2) is 7.43. The van der Waals surface area contributed by atoms with E-state index in [0.717, 1.165) is 6.42 Å². The van der Waals surface area contributed by atoms with Crippen molar-refractivity contribution in [2.45, 2.75) is 64.5 Å². The Hall–Kier alpha value is -0.586. The molecule has 1 N–H and O–H groups in total. The summed E-state index contributed by atoms with van der Waals surface area (Å²) in [5.74, 6) is 0.352. The molecule has 0 aliphatic rings. The molecule has 1 rings (SSSR count). The quantitative estimate of drug-likeness (QED) is 0.531. The molecule has 0 unspecified atom stereocenters. The number of rotatable bonds is 8. The third kappa shape index (κ3) is 7.87. The summed E-state index contributed by atoms with van der Waals surface area (Å²) >= 11 is 0. The number of aryl methyl sites for hydroxylation is 1. The molecule has 1 aromatic rings. The van der Waals surface area contributed by atoms with Crippen LogP contribution in [0.15, 0.2) is 24.3 Å². The molecule has 0 atom stereocenters. The maximum atomic E-state index is 9.24. The van der Waals surface area contributed by atoms with Crippen LogP contribution in [0.5, 0.6) is 5.75 Å². The molecule has 0 aliphatic heterocycles. The van der Waals surface area contributed by atoms with Gasteiger partial charge < -0.3 is 9.22 Å². The number of hydrogen-bond acceptors (Lipinski definition) is 2. The lowest BCUT2D eigenvalue weighted by atomic mass is 10.1. The Labute approximate surface area is 126 Å². The Balaban J connectivity index is 2.20. The highest BCUT2D eigenvalue weighted by molar-refractivity contribution is 6.84.